The van der Waals surface area contributed by atoms with E-state index in [9.17, 15) is 4.79 Å². The standard InChI is InChI=1S/C4H4BrNO2S/c5-3(8)4-6-2(7)1-9-4/h8H,1H2,(H,6,7)/b4-3-. The van der Waals surface area contributed by atoms with Crippen LogP contribution in [0.15, 0.2) is 9.70 Å². The van der Waals surface area contributed by atoms with E-state index in [1.165, 1.54) is 11.8 Å². The fourth-order valence-corrected chi connectivity index (χ4v) is 1.54. The lowest BCUT2D eigenvalue weighted by Crippen LogP contribution is -2.14. The first-order valence-corrected chi connectivity index (χ1v) is 3.99. The molecule has 5 heteroatoms. The first kappa shape index (κ1) is 6.95. The molecule has 1 aliphatic heterocycles. The summed E-state index contributed by atoms with van der Waals surface area (Å²) in [7, 11) is 0. The summed E-state index contributed by atoms with van der Waals surface area (Å²) >= 11 is 4.11. The van der Waals surface area contributed by atoms with Crippen LogP contribution in [0.2, 0.25) is 0 Å². The number of hydrogen-bond donors (Lipinski definition) is 2. The first-order chi connectivity index (χ1) is 4.20. The summed E-state index contributed by atoms with van der Waals surface area (Å²) in [6, 6.07) is 0. The molecule has 1 amide bonds. The van der Waals surface area contributed by atoms with Crippen LogP contribution < -0.4 is 5.32 Å². The lowest BCUT2D eigenvalue weighted by atomic mass is 10.7. The predicted octanol–water partition coefficient (Wildman–Crippen LogP) is 0.929. The second-order valence-corrected chi connectivity index (χ2v) is 3.19. The fraction of sp³-hybridized carbons (Fsp3) is 0.250. The average Bonchev–Trinajstić information content (AvgIpc) is 2.14. The molecule has 0 aromatic carbocycles. The summed E-state index contributed by atoms with van der Waals surface area (Å²) in [5, 5.41) is 11.7. The molecule has 1 heterocycles. The van der Waals surface area contributed by atoms with Crippen molar-refractivity contribution in [3.05, 3.63) is 9.70 Å². The molecule has 3 nitrogen and oxygen atoms in total. The van der Waals surface area contributed by atoms with Gasteiger partial charge in [-0.05, 0) is 15.9 Å². The molecule has 0 spiro atoms. The Morgan fingerprint density at radius 1 is 1.89 bits per heavy atom. The number of hydrogen-bond acceptors (Lipinski definition) is 3. The minimum Gasteiger partial charge on any atom is -0.500 e. The smallest absolute Gasteiger partial charge is 0.235 e. The minimum absolute atomic E-state index is 0.00153. The number of rotatable bonds is 0. The van der Waals surface area contributed by atoms with E-state index in [-0.39, 0.29) is 10.6 Å². The van der Waals surface area contributed by atoms with Gasteiger partial charge < -0.3 is 10.4 Å². The van der Waals surface area contributed by atoms with Gasteiger partial charge in [-0.15, -0.1) is 0 Å². The van der Waals surface area contributed by atoms with Crippen molar-refractivity contribution < 1.29 is 9.90 Å². The number of aliphatic hydroxyl groups is 1. The van der Waals surface area contributed by atoms with E-state index < -0.39 is 0 Å². The largest absolute Gasteiger partial charge is 0.500 e. The molecule has 0 unspecified atom stereocenters. The summed E-state index contributed by atoms with van der Waals surface area (Å²) in [6.45, 7) is 0. The second-order valence-electron chi connectivity index (χ2n) is 1.46. The second kappa shape index (κ2) is 2.62. The zero-order valence-electron chi connectivity index (χ0n) is 4.35. The van der Waals surface area contributed by atoms with E-state index in [0.717, 1.165) is 0 Å². The van der Waals surface area contributed by atoms with Gasteiger partial charge in [0.2, 0.25) is 5.91 Å². The Balaban J connectivity index is 2.69. The molecule has 1 rings (SSSR count). The number of halogens is 1. The Morgan fingerprint density at radius 3 is 2.78 bits per heavy atom. The zero-order valence-corrected chi connectivity index (χ0v) is 6.75. The van der Waals surface area contributed by atoms with Gasteiger partial charge in [0.05, 0.1) is 5.75 Å². The molecule has 0 aliphatic carbocycles. The fourth-order valence-electron chi connectivity index (χ4n) is 0.448. The summed E-state index contributed by atoms with van der Waals surface area (Å²) in [4.78, 5) is 10.5. The molecule has 50 valence electrons. The van der Waals surface area contributed by atoms with Crippen LogP contribution >= 0.6 is 27.7 Å². The van der Waals surface area contributed by atoms with Crippen LogP contribution in [-0.4, -0.2) is 16.8 Å². The van der Waals surface area contributed by atoms with Crippen molar-refractivity contribution in [1.82, 2.24) is 5.32 Å². The summed E-state index contributed by atoms with van der Waals surface area (Å²) < 4.78 is -0.00153. The van der Waals surface area contributed by atoms with Gasteiger partial charge in [0.15, 0.2) is 4.67 Å². The van der Waals surface area contributed by atoms with Crippen LogP contribution in [0, 0.1) is 0 Å². The van der Waals surface area contributed by atoms with E-state index in [1.54, 1.807) is 0 Å². The Labute approximate surface area is 64.6 Å². The van der Waals surface area contributed by atoms with E-state index in [4.69, 9.17) is 5.11 Å². The summed E-state index contributed by atoms with van der Waals surface area (Å²) in [6.07, 6.45) is 0. The third-order valence-corrected chi connectivity index (χ3v) is 2.44. The maximum absolute atomic E-state index is 10.5. The third-order valence-electron chi connectivity index (χ3n) is 0.788. The summed E-state index contributed by atoms with van der Waals surface area (Å²) in [5.74, 6) is 0.325. The highest BCUT2D eigenvalue weighted by molar-refractivity contribution is 9.11. The lowest BCUT2D eigenvalue weighted by molar-refractivity contribution is -0.117. The average molecular weight is 210 g/mol. The van der Waals surface area contributed by atoms with Crippen molar-refractivity contribution in [3.63, 3.8) is 0 Å². The van der Waals surface area contributed by atoms with Gasteiger partial charge in [0, 0.05) is 0 Å². The molecule has 1 saturated heterocycles. The molecule has 0 atom stereocenters. The van der Waals surface area contributed by atoms with E-state index in [0.29, 0.717) is 10.8 Å². The van der Waals surface area contributed by atoms with Crippen molar-refractivity contribution >= 4 is 33.6 Å². The number of carbonyl (C=O) groups is 1. The SMILES string of the molecule is O=C1CS/C(=C(\O)Br)N1. The van der Waals surface area contributed by atoms with Crippen LogP contribution in [0.4, 0.5) is 0 Å². The normalized spacial score (nSPS) is 23.9. The van der Waals surface area contributed by atoms with Crippen molar-refractivity contribution in [2.24, 2.45) is 0 Å². The van der Waals surface area contributed by atoms with E-state index in [2.05, 4.69) is 21.2 Å². The monoisotopic (exact) mass is 209 g/mol. The van der Waals surface area contributed by atoms with E-state index in [1.807, 2.05) is 0 Å². The quantitative estimate of drug-likeness (QED) is 0.584. The van der Waals surface area contributed by atoms with Crippen molar-refractivity contribution in [3.8, 4) is 0 Å². The zero-order chi connectivity index (χ0) is 6.85. The van der Waals surface area contributed by atoms with Gasteiger partial charge >= 0.3 is 0 Å². The minimum atomic E-state index is -0.0685. The molecule has 0 bridgehead atoms. The molecular formula is C4H4BrNO2S. The van der Waals surface area contributed by atoms with Gasteiger partial charge in [-0.1, -0.05) is 11.8 Å². The highest BCUT2D eigenvalue weighted by atomic mass is 79.9. The molecule has 0 radical (unpaired) electrons. The maximum Gasteiger partial charge on any atom is 0.235 e. The highest BCUT2D eigenvalue weighted by Crippen LogP contribution is 2.23. The number of aliphatic hydroxyl groups excluding tert-OH is 1. The Bertz CT molecular complexity index is 175. The van der Waals surface area contributed by atoms with Crippen LogP contribution in [-0.2, 0) is 4.79 Å². The van der Waals surface area contributed by atoms with Crippen LogP contribution in [0.3, 0.4) is 0 Å². The lowest BCUT2D eigenvalue weighted by Gasteiger charge is -1.92. The maximum atomic E-state index is 10.5. The molecule has 1 fully saturated rings. The van der Waals surface area contributed by atoms with Crippen LogP contribution in [0.1, 0.15) is 0 Å². The number of amides is 1. The molecule has 0 saturated carbocycles. The van der Waals surface area contributed by atoms with Crippen molar-refractivity contribution in [1.29, 1.82) is 0 Å². The molecular weight excluding hydrogens is 206 g/mol. The predicted molar refractivity (Wildman–Crippen MR) is 39.2 cm³/mol. The van der Waals surface area contributed by atoms with Gasteiger partial charge in [-0.25, -0.2) is 0 Å². The molecule has 0 aromatic heterocycles. The number of thioether (sulfide) groups is 1. The van der Waals surface area contributed by atoms with Crippen molar-refractivity contribution in [2.75, 3.05) is 5.75 Å². The molecule has 2 N–H and O–H groups in total. The van der Waals surface area contributed by atoms with E-state index >= 15 is 0 Å². The summed E-state index contributed by atoms with van der Waals surface area (Å²) in [5.41, 5.74) is 0. The molecule has 9 heavy (non-hydrogen) atoms. The van der Waals surface area contributed by atoms with Gasteiger partial charge in [0.1, 0.15) is 5.03 Å². The molecule has 1 aliphatic rings. The van der Waals surface area contributed by atoms with Gasteiger partial charge in [-0.3, -0.25) is 4.79 Å². The van der Waals surface area contributed by atoms with Crippen LogP contribution in [0.5, 0.6) is 0 Å². The Hall–Kier alpha value is -0.160. The van der Waals surface area contributed by atoms with Gasteiger partial charge in [0.25, 0.3) is 0 Å². The number of nitrogens with one attached hydrogen (secondary N) is 1. The first-order valence-electron chi connectivity index (χ1n) is 2.21. The molecule has 0 aromatic rings. The highest BCUT2D eigenvalue weighted by Gasteiger charge is 2.17. The topological polar surface area (TPSA) is 49.3 Å². The van der Waals surface area contributed by atoms with Gasteiger partial charge in [-0.2, -0.15) is 0 Å². The third kappa shape index (κ3) is 1.62. The van der Waals surface area contributed by atoms with Crippen molar-refractivity contribution in [2.45, 2.75) is 0 Å². The Morgan fingerprint density at radius 2 is 2.56 bits per heavy atom. The van der Waals surface area contributed by atoms with Crippen LogP contribution in [0.25, 0.3) is 0 Å². The number of carbonyl (C=O) groups excluding carboxylic acids is 1. The Kier molecular flexibility index (Phi) is 2.02.